The van der Waals surface area contributed by atoms with Gasteiger partial charge in [0.2, 0.25) is 0 Å². The van der Waals surface area contributed by atoms with Gasteiger partial charge in [-0.05, 0) is 36.0 Å². The molecule has 0 amide bonds. The van der Waals surface area contributed by atoms with Crippen LogP contribution in [-0.4, -0.2) is 56.6 Å². The van der Waals surface area contributed by atoms with Crippen molar-refractivity contribution < 1.29 is 8.42 Å². The molecule has 0 spiro atoms. The van der Waals surface area contributed by atoms with Crippen LogP contribution in [0, 0.1) is 5.92 Å². The fourth-order valence-corrected chi connectivity index (χ4v) is 3.88. The number of hydrogen-bond donors (Lipinski definition) is 2. The molecule has 2 N–H and O–H groups in total. The Labute approximate surface area is 159 Å². The summed E-state index contributed by atoms with van der Waals surface area (Å²) in [7, 11) is -0.548. The van der Waals surface area contributed by atoms with E-state index in [2.05, 4.69) is 31.3 Å². The molecule has 0 radical (unpaired) electrons. The third-order valence-corrected chi connectivity index (χ3v) is 6.33. The molecule has 9 heteroatoms. The average molecular weight is 386 g/mol. The van der Waals surface area contributed by atoms with E-state index < -0.39 is 10.2 Å². The molecule has 1 saturated heterocycles. The quantitative estimate of drug-likeness (QED) is 0.805. The van der Waals surface area contributed by atoms with Gasteiger partial charge in [-0.3, -0.25) is 4.72 Å². The lowest BCUT2D eigenvalue weighted by Crippen LogP contribution is -2.28. The number of nitrogens with one attached hydrogen (secondary N) is 2. The molecule has 142 valence electrons. The Bertz CT molecular complexity index is 954. The summed E-state index contributed by atoms with van der Waals surface area (Å²) in [6.45, 7) is 2.86. The van der Waals surface area contributed by atoms with Gasteiger partial charge in [0.1, 0.15) is 0 Å². The Morgan fingerprint density at radius 2 is 1.93 bits per heavy atom. The fourth-order valence-electron chi connectivity index (χ4n) is 3.26. The van der Waals surface area contributed by atoms with Gasteiger partial charge in [-0.1, -0.05) is 12.1 Å². The maximum Gasteiger partial charge on any atom is 0.301 e. The molecule has 27 heavy (non-hydrogen) atoms. The van der Waals surface area contributed by atoms with Crippen LogP contribution in [0.4, 0.5) is 11.5 Å². The van der Waals surface area contributed by atoms with Gasteiger partial charge in [-0.2, -0.15) is 12.7 Å². The minimum Gasteiger partial charge on any atom is -0.390 e. The molecule has 1 fully saturated rings. The molecule has 4 rings (SSSR count). The van der Waals surface area contributed by atoms with Crippen LogP contribution in [0.3, 0.4) is 0 Å². The van der Waals surface area contributed by atoms with E-state index in [4.69, 9.17) is 0 Å². The molecule has 1 unspecified atom stereocenters. The average Bonchev–Trinajstić information content (AvgIpc) is 3.24. The first kappa shape index (κ1) is 17.7. The van der Waals surface area contributed by atoms with Crippen molar-refractivity contribution in [3.63, 3.8) is 0 Å². The smallest absolute Gasteiger partial charge is 0.301 e. The Balaban J connectivity index is 1.46. The summed E-state index contributed by atoms with van der Waals surface area (Å²) in [5.41, 5.74) is 3.56. The molecule has 2 aliphatic rings. The molecule has 2 aromatic rings. The Morgan fingerprint density at radius 3 is 2.56 bits per heavy atom. The summed E-state index contributed by atoms with van der Waals surface area (Å²) < 4.78 is 27.4. The maximum absolute atomic E-state index is 11.9. The van der Waals surface area contributed by atoms with Crippen LogP contribution in [0.25, 0.3) is 11.3 Å². The predicted molar refractivity (Wildman–Crippen MR) is 105 cm³/mol. The predicted octanol–water partition coefficient (Wildman–Crippen LogP) is 1.29. The second-order valence-corrected chi connectivity index (χ2v) is 8.83. The van der Waals surface area contributed by atoms with Crippen molar-refractivity contribution in [3.8, 4) is 11.3 Å². The minimum absolute atomic E-state index is 0.502. The van der Waals surface area contributed by atoms with Crippen molar-refractivity contribution in [2.24, 2.45) is 5.92 Å². The number of benzene rings is 1. The molecule has 1 aromatic heterocycles. The van der Waals surface area contributed by atoms with E-state index in [-0.39, 0.29) is 0 Å². The molecule has 0 bridgehead atoms. The first-order valence-electron chi connectivity index (χ1n) is 8.74. The lowest BCUT2D eigenvalue weighted by molar-refractivity contribution is 0.527. The van der Waals surface area contributed by atoms with Gasteiger partial charge in [0.15, 0.2) is 5.82 Å². The van der Waals surface area contributed by atoms with Gasteiger partial charge < -0.3 is 10.2 Å². The van der Waals surface area contributed by atoms with Crippen LogP contribution in [0.15, 0.2) is 48.2 Å². The van der Waals surface area contributed by atoms with Crippen molar-refractivity contribution in [1.82, 2.24) is 19.8 Å². The largest absolute Gasteiger partial charge is 0.390 e. The molecule has 3 heterocycles. The van der Waals surface area contributed by atoms with Gasteiger partial charge in [0.25, 0.3) is 0 Å². The van der Waals surface area contributed by atoms with Crippen molar-refractivity contribution in [2.75, 3.05) is 43.4 Å². The first-order chi connectivity index (χ1) is 12.9. The van der Waals surface area contributed by atoms with E-state index in [1.807, 2.05) is 24.3 Å². The summed E-state index contributed by atoms with van der Waals surface area (Å²) in [5.74, 6) is 1.45. The monoisotopic (exact) mass is 386 g/mol. The van der Waals surface area contributed by atoms with Gasteiger partial charge in [-0.25, -0.2) is 0 Å². The topological polar surface area (TPSA) is 90.5 Å². The first-order valence-corrected chi connectivity index (χ1v) is 10.2. The molecule has 2 aliphatic heterocycles. The molecule has 1 aromatic carbocycles. The van der Waals surface area contributed by atoms with Crippen molar-refractivity contribution in [2.45, 2.75) is 0 Å². The summed E-state index contributed by atoms with van der Waals surface area (Å²) in [5, 5.41) is 12.0. The van der Waals surface area contributed by atoms with E-state index in [1.54, 1.807) is 12.1 Å². The molecule has 1 atom stereocenters. The minimum atomic E-state index is -3.51. The standard InChI is InChI=1S/C18H22N6O2S/c1-23(2)27(25,26)22-16-5-3-13(4-6-16)17-7-8-18(21-20-17)24-11-14-9-19-10-15(14)12-24/h3-9,15,19,22H,10-12H2,1-2H3. The van der Waals surface area contributed by atoms with E-state index in [0.717, 1.165) is 41.0 Å². The Hall–Kier alpha value is -2.65. The Morgan fingerprint density at radius 1 is 1.15 bits per heavy atom. The number of fused-ring (bicyclic) bond motifs is 1. The highest BCUT2D eigenvalue weighted by atomic mass is 32.2. The normalized spacial score (nSPS) is 19.0. The summed E-state index contributed by atoms with van der Waals surface area (Å²) >= 11 is 0. The second kappa shape index (κ2) is 6.82. The lowest BCUT2D eigenvalue weighted by atomic mass is 10.1. The van der Waals surface area contributed by atoms with Crippen LogP contribution in [0.1, 0.15) is 0 Å². The van der Waals surface area contributed by atoms with E-state index in [9.17, 15) is 8.42 Å². The van der Waals surface area contributed by atoms with Crippen LogP contribution < -0.4 is 14.9 Å². The summed E-state index contributed by atoms with van der Waals surface area (Å²) in [6.07, 6.45) is 2.11. The number of rotatable bonds is 5. The molecular formula is C18H22N6O2S. The zero-order valence-corrected chi connectivity index (χ0v) is 16.1. The van der Waals surface area contributed by atoms with Crippen molar-refractivity contribution >= 4 is 21.7 Å². The number of hydrogen-bond acceptors (Lipinski definition) is 6. The molecular weight excluding hydrogens is 364 g/mol. The fraction of sp³-hybridized carbons (Fsp3) is 0.333. The maximum atomic E-state index is 11.9. The third kappa shape index (κ3) is 3.60. The Kier molecular flexibility index (Phi) is 4.48. The van der Waals surface area contributed by atoms with Crippen LogP contribution in [-0.2, 0) is 10.2 Å². The number of anilines is 2. The van der Waals surface area contributed by atoms with E-state index in [0.29, 0.717) is 11.6 Å². The summed E-state index contributed by atoms with van der Waals surface area (Å²) in [6, 6.07) is 11.0. The van der Waals surface area contributed by atoms with Crippen LogP contribution >= 0.6 is 0 Å². The van der Waals surface area contributed by atoms with Crippen LogP contribution in [0.2, 0.25) is 0 Å². The van der Waals surface area contributed by atoms with Crippen molar-refractivity contribution in [1.29, 1.82) is 0 Å². The zero-order valence-electron chi connectivity index (χ0n) is 15.3. The number of nitrogens with zero attached hydrogens (tertiary/aromatic N) is 4. The molecule has 0 aliphatic carbocycles. The van der Waals surface area contributed by atoms with E-state index >= 15 is 0 Å². The SMILES string of the molecule is CN(C)S(=O)(=O)Nc1ccc(-c2ccc(N3CC4=CNCC4C3)nn2)cc1. The highest BCUT2D eigenvalue weighted by Gasteiger charge is 2.30. The van der Waals surface area contributed by atoms with Gasteiger partial charge in [0, 0.05) is 50.9 Å². The van der Waals surface area contributed by atoms with Gasteiger partial charge in [-0.15, -0.1) is 10.2 Å². The van der Waals surface area contributed by atoms with Crippen LogP contribution in [0.5, 0.6) is 0 Å². The highest BCUT2D eigenvalue weighted by molar-refractivity contribution is 7.90. The second-order valence-electron chi connectivity index (χ2n) is 6.95. The molecule has 8 nitrogen and oxygen atoms in total. The lowest BCUT2D eigenvalue weighted by Gasteiger charge is -2.17. The highest BCUT2D eigenvalue weighted by Crippen LogP contribution is 2.29. The van der Waals surface area contributed by atoms with Gasteiger partial charge in [0.05, 0.1) is 5.69 Å². The summed E-state index contributed by atoms with van der Waals surface area (Å²) in [4.78, 5) is 2.24. The third-order valence-electron chi connectivity index (χ3n) is 4.87. The van der Waals surface area contributed by atoms with Crippen molar-refractivity contribution in [3.05, 3.63) is 48.2 Å². The molecule has 0 saturated carbocycles. The number of aromatic nitrogens is 2. The zero-order chi connectivity index (χ0) is 19.0. The van der Waals surface area contributed by atoms with E-state index in [1.165, 1.54) is 19.7 Å². The van der Waals surface area contributed by atoms with Gasteiger partial charge >= 0.3 is 10.2 Å².